The van der Waals surface area contributed by atoms with Crippen LogP contribution in [0.3, 0.4) is 0 Å². The molecule has 0 atom stereocenters. The van der Waals surface area contributed by atoms with Crippen molar-refractivity contribution in [2.75, 3.05) is 13.2 Å². The predicted octanol–water partition coefficient (Wildman–Crippen LogP) is 3.57. The Morgan fingerprint density at radius 2 is 1.81 bits per heavy atom. The highest BCUT2D eigenvalue weighted by Gasteiger charge is 2.00. The topological polar surface area (TPSA) is 38.3 Å². The van der Waals surface area contributed by atoms with Crippen molar-refractivity contribution in [2.45, 2.75) is 20.3 Å². The summed E-state index contributed by atoms with van der Waals surface area (Å²) in [4.78, 5) is 10.8. The van der Waals surface area contributed by atoms with E-state index in [1.807, 2.05) is 18.2 Å². The number of carbonyl (C=O) groups is 1. The van der Waals surface area contributed by atoms with E-state index in [0.29, 0.717) is 13.2 Å². The maximum absolute atomic E-state index is 10.8. The molecule has 3 nitrogen and oxygen atoms in total. The third-order valence-corrected chi connectivity index (χ3v) is 3.15. The molecule has 3 heteroatoms. The highest BCUT2D eigenvalue weighted by Crippen LogP contribution is 2.24. The molecule has 0 bridgehead atoms. The number of benzene rings is 2. The SMILES string of the molecule is CC(=O)NCCCOc1cccc(-c2cccc(C)c2)c1. The van der Waals surface area contributed by atoms with Crippen LogP contribution in [0.1, 0.15) is 18.9 Å². The zero-order chi connectivity index (χ0) is 15.1. The lowest BCUT2D eigenvalue weighted by atomic mass is 10.0. The Hall–Kier alpha value is -2.29. The zero-order valence-electron chi connectivity index (χ0n) is 12.6. The van der Waals surface area contributed by atoms with Gasteiger partial charge in [0.15, 0.2) is 0 Å². The molecule has 0 aliphatic carbocycles. The quantitative estimate of drug-likeness (QED) is 0.823. The molecule has 0 aromatic heterocycles. The number of hydrogen-bond acceptors (Lipinski definition) is 2. The van der Waals surface area contributed by atoms with Gasteiger partial charge in [-0.15, -0.1) is 0 Å². The van der Waals surface area contributed by atoms with Crippen molar-refractivity contribution in [3.05, 3.63) is 54.1 Å². The highest BCUT2D eigenvalue weighted by molar-refractivity contribution is 5.72. The molecular weight excluding hydrogens is 262 g/mol. The second-order valence-corrected chi connectivity index (χ2v) is 5.08. The molecule has 0 spiro atoms. The lowest BCUT2D eigenvalue weighted by molar-refractivity contribution is -0.118. The Bertz CT molecular complexity index is 608. The van der Waals surface area contributed by atoms with Crippen molar-refractivity contribution >= 4 is 5.91 Å². The zero-order valence-corrected chi connectivity index (χ0v) is 12.6. The van der Waals surface area contributed by atoms with Crippen molar-refractivity contribution in [1.82, 2.24) is 5.32 Å². The van der Waals surface area contributed by atoms with E-state index in [0.717, 1.165) is 17.7 Å². The van der Waals surface area contributed by atoms with Crippen LogP contribution in [0.25, 0.3) is 11.1 Å². The summed E-state index contributed by atoms with van der Waals surface area (Å²) in [6, 6.07) is 16.5. The molecule has 0 saturated heterocycles. The van der Waals surface area contributed by atoms with Gasteiger partial charge in [0.1, 0.15) is 5.75 Å². The molecule has 110 valence electrons. The molecule has 2 aromatic carbocycles. The molecule has 0 unspecified atom stereocenters. The van der Waals surface area contributed by atoms with Crippen LogP contribution < -0.4 is 10.1 Å². The van der Waals surface area contributed by atoms with Gasteiger partial charge in [-0.1, -0.05) is 42.0 Å². The monoisotopic (exact) mass is 283 g/mol. The second-order valence-electron chi connectivity index (χ2n) is 5.08. The minimum absolute atomic E-state index is 0.00329. The summed E-state index contributed by atoms with van der Waals surface area (Å²) in [5.74, 6) is 0.855. The third kappa shape index (κ3) is 4.95. The van der Waals surface area contributed by atoms with Gasteiger partial charge in [0.05, 0.1) is 6.61 Å². The van der Waals surface area contributed by atoms with Gasteiger partial charge in [-0.05, 0) is 36.6 Å². The van der Waals surface area contributed by atoms with Gasteiger partial charge >= 0.3 is 0 Å². The van der Waals surface area contributed by atoms with Gasteiger partial charge in [0.2, 0.25) is 5.91 Å². The summed E-state index contributed by atoms with van der Waals surface area (Å²) in [6.45, 7) is 4.85. The fourth-order valence-electron chi connectivity index (χ4n) is 2.12. The molecule has 0 fully saturated rings. The van der Waals surface area contributed by atoms with Gasteiger partial charge in [0, 0.05) is 13.5 Å². The number of aryl methyl sites for hydroxylation is 1. The van der Waals surface area contributed by atoms with Crippen LogP contribution in [0.15, 0.2) is 48.5 Å². The van der Waals surface area contributed by atoms with Crippen LogP contribution in [0.4, 0.5) is 0 Å². The summed E-state index contributed by atoms with van der Waals surface area (Å²) >= 11 is 0. The third-order valence-electron chi connectivity index (χ3n) is 3.15. The normalized spacial score (nSPS) is 10.2. The van der Waals surface area contributed by atoms with E-state index in [1.54, 1.807) is 0 Å². The smallest absolute Gasteiger partial charge is 0.216 e. The minimum Gasteiger partial charge on any atom is -0.494 e. The van der Waals surface area contributed by atoms with Gasteiger partial charge in [-0.2, -0.15) is 0 Å². The first-order valence-corrected chi connectivity index (χ1v) is 7.19. The molecule has 21 heavy (non-hydrogen) atoms. The molecule has 0 aliphatic heterocycles. The molecule has 1 amide bonds. The van der Waals surface area contributed by atoms with Gasteiger partial charge in [0.25, 0.3) is 0 Å². The maximum atomic E-state index is 10.8. The minimum atomic E-state index is -0.00329. The first kappa shape index (κ1) is 15.1. The Morgan fingerprint density at radius 1 is 1.10 bits per heavy atom. The Kier molecular flexibility index (Phi) is 5.38. The fraction of sp³-hybridized carbons (Fsp3) is 0.278. The summed E-state index contributed by atoms with van der Waals surface area (Å²) in [7, 11) is 0. The summed E-state index contributed by atoms with van der Waals surface area (Å²) in [5.41, 5.74) is 3.59. The van der Waals surface area contributed by atoms with Crippen molar-refractivity contribution in [3.63, 3.8) is 0 Å². The van der Waals surface area contributed by atoms with E-state index in [9.17, 15) is 4.79 Å². The first-order chi connectivity index (χ1) is 10.1. The average Bonchev–Trinajstić information content (AvgIpc) is 2.47. The van der Waals surface area contributed by atoms with E-state index in [2.05, 4.69) is 42.6 Å². The Morgan fingerprint density at radius 3 is 2.52 bits per heavy atom. The molecule has 0 aliphatic rings. The van der Waals surface area contributed by atoms with Gasteiger partial charge in [-0.3, -0.25) is 4.79 Å². The molecule has 0 heterocycles. The van der Waals surface area contributed by atoms with Crippen molar-refractivity contribution in [3.8, 4) is 16.9 Å². The van der Waals surface area contributed by atoms with Crippen LogP contribution >= 0.6 is 0 Å². The highest BCUT2D eigenvalue weighted by atomic mass is 16.5. The largest absolute Gasteiger partial charge is 0.494 e. The molecule has 1 N–H and O–H groups in total. The second kappa shape index (κ2) is 7.48. The standard InChI is InChI=1S/C18H21NO2/c1-14-6-3-7-16(12-14)17-8-4-9-18(13-17)21-11-5-10-19-15(2)20/h3-4,6-9,12-13H,5,10-11H2,1-2H3,(H,19,20). The van der Waals surface area contributed by atoms with Crippen molar-refractivity contribution in [2.24, 2.45) is 0 Å². The Balaban J connectivity index is 1.93. The van der Waals surface area contributed by atoms with E-state index in [1.165, 1.54) is 18.1 Å². The van der Waals surface area contributed by atoms with Crippen LogP contribution in [-0.2, 0) is 4.79 Å². The molecule has 2 rings (SSSR count). The maximum Gasteiger partial charge on any atom is 0.216 e. The van der Waals surface area contributed by atoms with E-state index >= 15 is 0 Å². The fourth-order valence-corrected chi connectivity index (χ4v) is 2.12. The van der Waals surface area contributed by atoms with E-state index in [-0.39, 0.29) is 5.91 Å². The van der Waals surface area contributed by atoms with Crippen LogP contribution in [0.2, 0.25) is 0 Å². The first-order valence-electron chi connectivity index (χ1n) is 7.19. The lowest BCUT2D eigenvalue weighted by Crippen LogP contribution is -2.22. The number of hydrogen-bond donors (Lipinski definition) is 1. The van der Waals surface area contributed by atoms with Gasteiger partial charge in [-0.25, -0.2) is 0 Å². The van der Waals surface area contributed by atoms with E-state index < -0.39 is 0 Å². The van der Waals surface area contributed by atoms with Gasteiger partial charge < -0.3 is 10.1 Å². The summed E-state index contributed by atoms with van der Waals surface area (Å²) in [5, 5.41) is 2.76. The number of nitrogens with one attached hydrogen (secondary N) is 1. The van der Waals surface area contributed by atoms with Crippen LogP contribution in [-0.4, -0.2) is 19.1 Å². The molecular formula is C18H21NO2. The number of rotatable bonds is 6. The summed E-state index contributed by atoms with van der Waals surface area (Å²) < 4.78 is 5.73. The number of ether oxygens (including phenoxy) is 1. The number of amides is 1. The lowest BCUT2D eigenvalue weighted by Gasteiger charge is -2.09. The molecule has 2 aromatic rings. The summed E-state index contributed by atoms with van der Waals surface area (Å²) in [6.07, 6.45) is 0.800. The van der Waals surface area contributed by atoms with E-state index in [4.69, 9.17) is 4.74 Å². The molecule has 0 radical (unpaired) electrons. The average molecular weight is 283 g/mol. The van der Waals surface area contributed by atoms with Crippen molar-refractivity contribution in [1.29, 1.82) is 0 Å². The van der Waals surface area contributed by atoms with Crippen LogP contribution in [0.5, 0.6) is 5.75 Å². The molecule has 0 saturated carbocycles. The van der Waals surface area contributed by atoms with Crippen molar-refractivity contribution < 1.29 is 9.53 Å². The predicted molar refractivity (Wildman–Crippen MR) is 85.4 cm³/mol. The Labute approximate surface area is 126 Å². The van der Waals surface area contributed by atoms with Crippen LogP contribution in [0, 0.1) is 6.92 Å². The number of carbonyl (C=O) groups excluding carboxylic acids is 1.